The van der Waals surface area contributed by atoms with E-state index in [1.807, 2.05) is 43.3 Å². The van der Waals surface area contributed by atoms with Gasteiger partial charge in [0.1, 0.15) is 5.82 Å². The highest BCUT2D eigenvalue weighted by Gasteiger charge is 2.09. The molecule has 0 radical (unpaired) electrons. The van der Waals surface area contributed by atoms with Crippen LogP contribution in [-0.2, 0) is 4.79 Å². The molecule has 0 bridgehead atoms. The van der Waals surface area contributed by atoms with Crippen LogP contribution < -0.4 is 5.32 Å². The second kappa shape index (κ2) is 5.98. The first-order valence-electron chi connectivity index (χ1n) is 7.44. The molecular formula is C19H18N2O. The second-order valence-electron chi connectivity index (χ2n) is 5.29. The van der Waals surface area contributed by atoms with Gasteiger partial charge in [0.25, 0.3) is 0 Å². The highest BCUT2D eigenvalue weighted by molar-refractivity contribution is 5.97. The van der Waals surface area contributed by atoms with Crippen LogP contribution in [0.15, 0.2) is 54.6 Å². The topological polar surface area (TPSA) is 42.0 Å². The van der Waals surface area contributed by atoms with Gasteiger partial charge in [0.2, 0.25) is 5.91 Å². The van der Waals surface area contributed by atoms with Crippen molar-refractivity contribution in [1.82, 2.24) is 4.98 Å². The van der Waals surface area contributed by atoms with Gasteiger partial charge in [0.05, 0.1) is 5.52 Å². The molecule has 0 aliphatic heterocycles. The Labute approximate surface area is 130 Å². The number of anilines is 1. The van der Waals surface area contributed by atoms with Crippen LogP contribution in [0.5, 0.6) is 0 Å². The minimum Gasteiger partial charge on any atom is -0.311 e. The number of carbonyl (C=O) groups excluding carboxylic acids is 1. The Balaban J connectivity index is 2.16. The Bertz CT molecular complexity index is 840. The molecule has 3 nitrogen and oxygen atoms in total. The zero-order valence-electron chi connectivity index (χ0n) is 12.8. The number of carbonyl (C=O) groups is 1. The highest BCUT2D eigenvalue weighted by atomic mass is 16.1. The molecule has 0 atom stereocenters. The van der Waals surface area contributed by atoms with Crippen LogP contribution in [0.1, 0.15) is 18.9 Å². The molecule has 110 valence electrons. The summed E-state index contributed by atoms with van der Waals surface area (Å²) in [6, 6.07) is 18.2. The van der Waals surface area contributed by atoms with E-state index in [4.69, 9.17) is 0 Å². The van der Waals surface area contributed by atoms with E-state index < -0.39 is 0 Å². The summed E-state index contributed by atoms with van der Waals surface area (Å²) < 4.78 is 0. The number of hydrogen-bond acceptors (Lipinski definition) is 2. The first-order chi connectivity index (χ1) is 10.7. The maximum absolute atomic E-state index is 11.6. The predicted octanol–water partition coefficient (Wildman–Crippen LogP) is 4.56. The maximum Gasteiger partial charge on any atom is 0.225 e. The van der Waals surface area contributed by atoms with Gasteiger partial charge in [-0.1, -0.05) is 49.4 Å². The molecule has 3 aromatic rings. The molecule has 0 aliphatic rings. The van der Waals surface area contributed by atoms with Gasteiger partial charge < -0.3 is 5.32 Å². The summed E-state index contributed by atoms with van der Waals surface area (Å²) in [6.07, 6.45) is 0.444. The number of hydrogen-bond donors (Lipinski definition) is 1. The van der Waals surface area contributed by atoms with Crippen LogP contribution in [0.4, 0.5) is 5.82 Å². The Morgan fingerprint density at radius 3 is 2.55 bits per heavy atom. The summed E-state index contributed by atoms with van der Waals surface area (Å²) in [5.74, 6) is 0.570. The Morgan fingerprint density at radius 2 is 1.77 bits per heavy atom. The summed E-state index contributed by atoms with van der Waals surface area (Å²) in [5.41, 5.74) is 4.37. The summed E-state index contributed by atoms with van der Waals surface area (Å²) in [7, 11) is 0. The van der Waals surface area contributed by atoms with E-state index >= 15 is 0 Å². The van der Waals surface area contributed by atoms with Gasteiger partial charge in [-0.2, -0.15) is 0 Å². The van der Waals surface area contributed by atoms with Crippen molar-refractivity contribution in [2.24, 2.45) is 0 Å². The minimum absolute atomic E-state index is 0.0276. The van der Waals surface area contributed by atoms with E-state index in [0.29, 0.717) is 12.2 Å². The van der Waals surface area contributed by atoms with Crippen molar-refractivity contribution in [3.05, 3.63) is 60.2 Å². The SMILES string of the molecule is CCC(=O)Nc1ccc2cccc(-c3ccccc3C)c2n1. The zero-order valence-corrected chi connectivity index (χ0v) is 12.8. The van der Waals surface area contributed by atoms with Gasteiger partial charge >= 0.3 is 0 Å². The van der Waals surface area contributed by atoms with Crippen LogP contribution in [0, 0.1) is 6.92 Å². The molecule has 1 N–H and O–H groups in total. The molecule has 0 saturated carbocycles. The van der Waals surface area contributed by atoms with Crippen molar-refractivity contribution < 1.29 is 4.79 Å². The quantitative estimate of drug-likeness (QED) is 0.768. The number of rotatable bonds is 3. The molecule has 0 unspecified atom stereocenters. The van der Waals surface area contributed by atoms with Gasteiger partial charge in [-0.15, -0.1) is 0 Å². The number of fused-ring (bicyclic) bond motifs is 1. The number of aryl methyl sites for hydroxylation is 1. The lowest BCUT2D eigenvalue weighted by molar-refractivity contribution is -0.115. The third kappa shape index (κ3) is 2.70. The average molecular weight is 290 g/mol. The highest BCUT2D eigenvalue weighted by Crippen LogP contribution is 2.30. The third-order valence-corrected chi connectivity index (χ3v) is 3.74. The summed E-state index contributed by atoms with van der Waals surface area (Å²) in [4.78, 5) is 16.2. The molecule has 3 rings (SSSR count). The first kappa shape index (κ1) is 14.3. The van der Waals surface area contributed by atoms with E-state index in [-0.39, 0.29) is 5.91 Å². The lowest BCUT2D eigenvalue weighted by Gasteiger charge is -2.10. The lowest BCUT2D eigenvalue weighted by atomic mass is 9.98. The van der Waals surface area contributed by atoms with Crippen LogP contribution in [-0.4, -0.2) is 10.9 Å². The van der Waals surface area contributed by atoms with Gasteiger partial charge in [0, 0.05) is 17.4 Å². The fourth-order valence-corrected chi connectivity index (χ4v) is 2.54. The van der Waals surface area contributed by atoms with E-state index in [0.717, 1.165) is 16.5 Å². The van der Waals surface area contributed by atoms with Gasteiger partial charge in [-0.3, -0.25) is 4.79 Å². The van der Waals surface area contributed by atoms with Crippen molar-refractivity contribution >= 4 is 22.6 Å². The van der Waals surface area contributed by atoms with Crippen molar-refractivity contribution in [1.29, 1.82) is 0 Å². The average Bonchev–Trinajstić information content (AvgIpc) is 2.55. The summed E-state index contributed by atoms with van der Waals surface area (Å²) in [6.45, 7) is 3.92. The van der Waals surface area contributed by atoms with Gasteiger partial charge in [-0.05, 0) is 30.2 Å². The van der Waals surface area contributed by atoms with Crippen LogP contribution >= 0.6 is 0 Å². The molecule has 0 fully saturated rings. The van der Waals surface area contributed by atoms with E-state index in [9.17, 15) is 4.79 Å². The number of nitrogens with one attached hydrogen (secondary N) is 1. The van der Waals surface area contributed by atoms with Gasteiger partial charge in [-0.25, -0.2) is 4.98 Å². The van der Waals surface area contributed by atoms with Gasteiger partial charge in [0.15, 0.2) is 0 Å². The second-order valence-corrected chi connectivity index (χ2v) is 5.29. The van der Waals surface area contributed by atoms with Crippen molar-refractivity contribution in [2.45, 2.75) is 20.3 Å². The van der Waals surface area contributed by atoms with Crippen LogP contribution in [0.25, 0.3) is 22.0 Å². The molecule has 3 heteroatoms. The Morgan fingerprint density at radius 1 is 1.00 bits per heavy atom. The fourth-order valence-electron chi connectivity index (χ4n) is 2.54. The van der Waals surface area contributed by atoms with E-state index in [2.05, 4.69) is 35.4 Å². The summed E-state index contributed by atoms with van der Waals surface area (Å²) >= 11 is 0. The molecule has 1 heterocycles. The maximum atomic E-state index is 11.6. The molecule has 1 aromatic heterocycles. The zero-order chi connectivity index (χ0) is 15.5. The monoisotopic (exact) mass is 290 g/mol. The molecule has 1 amide bonds. The van der Waals surface area contributed by atoms with Crippen LogP contribution in [0.2, 0.25) is 0 Å². The third-order valence-electron chi connectivity index (χ3n) is 3.74. The Hall–Kier alpha value is -2.68. The number of benzene rings is 2. The van der Waals surface area contributed by atoms with Crippen molar-refractivity contribution in [3.8, 4) is 11.1 Å². The first-order valence-corrected chi connectivity index (χ1v) is 7.44. The van der Waals surface area contributed by atoms with Crippen molar-refractivity contribution in [2.75, 3.05) is 5.32 Å². The smallest absolute Gasteiger partial charge is 0.225 e. The molecule has 2 aromatic carbocycles. The lowest BCUT2D eigenvalue weighted by Crippen LogP contribution is -2.10. The van der Waals surface area contributed by atoms with E-state index in [1.54, 1.807) is 0 Å². The standard InChI is InChI=1S/C19H18N2O/c1-3-18(22)20-17-12-11-14-8-6-10-16(19(14)21-17)15-9-5-4-7-13(15)2/h4-12H,3H2,1-2H3,(H,20,21,22). The molecule has 0 saturated heterocycles. The number of aromatic nitrogens is 1. The molecule has 0 spiro atoms. The predicted molar refractivity (Wildman–Crippen MR) is 90.8 cm³/mol. The largest absolute Gasteiger partial charge is 0.311 e. The van der Waals surface area contributed by atoms with Crippen molar-refractivity contribution in [3.63, 3.8) is 0 Å². The number of nitrogens with zero attached hydrogens (tertiary/aromatic N) is 1. The Kier molecular flexibility index (Phi) is 3.88. The molecule has 22 heavy (non-hydrogen) atoms. The summed E-state index contributed by atoms with van der Waals surface area (Å²) in [5, 5.41) is 3.89. The number of amides is 1. The molecular weight excluding hydrogens is 272 g/mol. The van der Waals surface area contributed by atoms with E-state index in [1.165, 1.54) is 11.1 Å². The number of pyridine rings is 1. The number of para-hydroxylation sites is 1. The normalized spacial score (nSPS) is 10.6. The van der Waals surface area contributed by atoms with Crippen LogP contribution in [0.3, 0.4) is 0 Å². The molecule has 0 aliphatic carbocycles. The minimum atomic E-state index is -0.0276. The fraction of sp³-hybridized carbons (Fsp3) is 0.158.